The van der Waals surface area contributed by atoms with Crippen LogP contribution in [0.15, 0.2) is 61.1 Å². The quantitative estimate of drug-likeness (QED) is 0.237. The van der Waals surface area contributed by atoms with Crippen LogP contribution in [0.4, 0.5) is 14.6 Å². The average molecular weight is 725 g/mol. The monoisotopic (exact) mass is 724 g/mol. The van der Waals surface area contributed by atoms with E-state index in [1.165, 1.54) is 13.2 Å². The van der Waals surface area contributed by atoms with E-state index in [1.54, 1.807) is 39.0 Å². The second kappa shape index (κ2) is 14.6. The number of aryl methyl sites for hydroxylation is 1. The Hall–Kier alpha value is -5.99. The number of H-pyrrole nitrogens is 1. The highest BCUT2D eigenvalue weighted by atomic mass is 19.1. The maximum atomic E-state index is 16.8. The molecule has 2 amide bonds. The molecule has 0 atom stereocenters. The van der Waals surface area contributed by atoms with Crippen molar-refractivity contribution in [3.8, 4) is 28.4 Å². The lowest BCUT2D eigenvalue weighted by Crippen LogP contribution is -2.49. The summed E-state index contributed by atoms with van der Waals surface area (Å²) >= 11 is 0. The number of methoxy groups -OCH3 is 1. The first-order chi connectivity index (χ1) is 25.9. The van der Waals surface area contributed by atoms with Gasteiger partial charge < -0.3 is 33.9 Å². The molecule has 1 N–H and O–H groups in total. The van der Waals surface area contributed by atoms with Gasteiger partial charge in [-0.3, -0.25) is 14.3 Å². The van der Waals surface area contributed by atoms with Gasteiger partial charge in [-0.15, -0.1) is 5.10 Å². The number of amides is 2. The molecule has 53 heavy (non-hydrogen) atoms. The zero-order valence-corrected chi connectivity index (χ0v) is 29.2. The van der Waals surface area contributed by atoms with Crippen LogP contribution in [0.3, 0.4) is 0 Å². The molecule has 0 radical (unpaired) electrons. The van der Waals surface area contributed by atoms with E-state index in [-0.39, 0.29) is 36.0 Å². The fourth-order valence-corrected chi connectivity index (χ4v) is 7.20. The minimum absolute atomic E-state index is 0.0618. The van der Waals surface area contributed by atoms with Crippen LogP contribution in [0.25, 0.3) is 27.6 Å². The first-order valence-electron chi connectivity index (χ1n) is 17.7. The second-order valence-electron chi connectivity index (χ2n) is 13.1. The molecule has 5 aromatic rings. The molecule has 6 heterocycles. The molecular weight excluding hydrogens is 686 g/mol. The smallest absolute Gasteiger partial charge is 0.270 e. The van der Waals surface area contributed by atoms with Gasteiger partial charge in [0.1, 0.15) is 11.5 Å². The molecule has 0 aliphatic carbocycles. The van der Waals surface area contributed by atoms with E-state index in [4.69, 9.17) is 14.2 Å². The van der Waals surface area contributed by atoms with Crippen LogP contribution in [0.2, 0.25) is 0 Å². The molecule has 15 heteroatoms. The SMILES string of the molecule is COc1cc(F)cnc1N1CCN(C(=O)c2cc3c(-c4cccc5c4OCCCO5)cc(C4=CCCN(C(=O)CCn5ccnn5)C4)c(F)c3[nH]2)CC1. The lowest BCUT2D eigenvalue weighted by atomic mass is 9.92. The first kappa shape index (κ1) is 34.1. The number of para-hydroxylation sites is 1. The third kappa shape index (κ3) is 6.74. The summed E-state index contributed by atoms with van der Waals surface area (Å²) in [4.78, 5) is 40.0. The van der Waals surface area contributed by atoms with Gasteiger partial charge in [0, 0.05) is 80.9 Å². The number of anilines is 1. The summed E-state index contributed by atoms with van der Waals surface area (Å²) in [5.41, 5.74) is 2.81. The number of nitrogens with zero attached hydrogens (tertiary/aromatic N) is 7. The van der Waals surface area contributed by atoms with Crippen molar-refractivity contribution >= 4 is 34.1 Å². The molecule has 3 aromatic heterocycles. The fourth-order valence-electron chi connectivity index (χ4n) is 7.20. The van der Waals surface area contributed by atoms with Crippen LogP contribution in [0, 0.1) is 11.6 Å². The molecule has 13 nitrogen and oxygen atoms in total. The minimum Gasteiger partial charge on any atom is -0.493 e. The van der Waals surface area contributed by atoms with Crippen molar-refractivity contribution in [3.63, 3.8) is 0 Å². The predicted molar refractivity (Wildman–Crippen MR) is 192 cm³/mol. The molecule has 3 aliphatic rings. The standard InChI is InChI=1S/C38H38F2N8O5/c1-51-32-19-25(39)22-41-37(32)45-13-15-46(16-14-45)38(50)30-21-29-28(26-6-2-7-31-36(26)53-18-4-17-52-31)20-27(34(40)35(29)43-30)24-5-3-10-47(23-24)33(49)8-11-48-12-9-42-44-48/h2,5-7,9,12,19-22,43H,3-4,8,10-11,13-18,23H2,1H3. The number of halogens is 2. The maximum Gasteiger partial charge on any atom is 0.270 e. The van der Waals surface area contributed by atoms with Gasteiger partial charge in [-0.25, -0.2) is 13.8 Å². The van der Waals surface area contributed by atoms with Crippen molar-refractivity contribution in [2.75, 3.05) is 64.5 Å². The molecule has 0 unspecified atom stereocenters. The zero-order valence-electron chi connectivity index (χ0n) is 29.2. The summed E-state index contributed by atoms with van der Waals surface area (Å²) in [6, 6.07) is 10.4. The Kier molecular flexibility index (Phi) is 9.37. The molecule has 1 fully saturated rings. The average Bonchev–Trinajstić information content (AvgIpc) is 3.82. The number of rotatable bonds is 8. The van der Waals surface area contributed by atoms with E-state index in [2.05, 4.69) is 20.3 Å². The van der Waals surface area contributed by atoms with Gasteiger partial charge in [0.2, 0.25) is 5.91 Å². The van der Waals surface area contributed by atoms with Gasteiger partial charge in [0.15, 0.2) is 28.9 Å². The van der Waals surface area contributed by atoms with Gasteiger partial charge in [-0.1, -0.05) is 23.4 Å². The van der Waals surface area contributed by atoms with Crippen molar-refractivity contribution in [1.29, 1.82) is 0 Å². The first-order valence-corrected chi connectivity index (χ1v) is 17.7. The molecule has 1 saturated heterocycles. The van der Waals surface area contributed by atoms with Crippen LogP contribution < -0.4 is 19.1 Å². The Morgan fingerprint density at radius 1 is 0.981 bits per heavy atom. The second-order valence-corrected chi connectivity index (χ2v) is 13.1. The number of carbonyl (C=O) groups is 2. The molecular formula is C38H38F2N8O5. The number of fused-ring (bicyclic) bond motifs is 2. The number of hydrogen-bond donors (Lipinski definition) is 1. The summed E-state index contributed by atoms with van der Waals surface area (Å²) in [6.07, 6.45) is 7.90. The molecule has 274 valence electrons. The van der Waals surface area contributed by atoms with Crippen LogP contribution >= 0.6 is 0 Å². The number of aromatic amines is 1. The molecule has 2 aromatic carbocycles. The van der Waals surface area contributed by atoms with Gasteiger partial charge in [0.25, 0.3) is 5.91 Å². The van der Waals surface area contributed by atoms with Crippen molar-refractivity contribution in [2.45, 2.75) is 25.8 Å². The van der Waals surface area contributed by atoms with E-state index in [1.807, 2.05) is 29.2 Å². The predicted octanol–water partition coefficient (Wildman–Crippen LogP) is 4.94. The molecule has 0 bridgehead atoms. The number of benzene rings is 2. The highest BCUT2D eigenvalue weighted by Gasteiger charge is 2.29. The number of pyridine rings is 1. The highest BCUT2D eigenvalue weighted by molar-refractivity contribution is 6.05. The summed E-state index contributed by atoms with van der Waals surface area (Å²) in [7, 11) is 1.46. The molecule has 3 aliphatic heterocycles. The Bertz CT molecular complexity index is 2200. The van der Waals surface area contributed by atoms with Crippen LogP contribution in [0.5, 0.6) is 17.2 Å². The van der Waals surface area contributed by atoms with Gasteiger partial charge in [-0.05, 0) is 35.8 Å². The third-order valence-electron chi connectivity index (χ3n) is 9.91. The number of carbonyl (C=O) groups excluding carboxylic acids is 2. The topological polar surface area (TPSA) is 131 Å². The summed E-state index contributed by atoms with van der Waals surface area (Å²) in [6.45, 7) is 3.73. The molecule has 0 spiro atoms. The number of piperazine rings is 1. The largest absolute Gasteiger partial charge is 0.493 e. The van der Waals surface area contributed by atoms with Crippen LogP contribution in [0.1, 0.15) is 35.3 Å². The van der Waals surface area contributed by atoms with Crippen molar-refractivity contribution in [2.24, 2.45) is 0 Å². The minimum atomic E-state index is -0.510. The van der Waals surface area contributed by atoms with Crippen LogP contribution in [-0.4, -0.2) is 106 Å². The zero-order chi connectivity index (χ0) is 36.5. The van der Waals surface area contributed by atoms with Gasteiger partial charge >= 0.3 is 0 Å². The number of aromatic nitrogens is 5. The summed E-state index contributed by atoms with van der Waals surface area (Å²) in [5, 5.41) is 8.27. The lowest BCUT2D eigenvalue weighted by Gasteiger charge is -2.35. The van der Waals surface area contributed by atoms with Crippen LogP contribution in [-0.2, 0) is 11.3 Å². The number of hydrogen-bond acceptors (Lipinski definition) is 9. The Morgan fingerprint density at radius 3 is 2.64 bits per heavy atom. The number of nitrogens with one attached hydrogen (secondary N) is 1. The Morgan fingerprint density at radius 2 is 1.83 bits per heavy atom. The molecule has 0 saturated carbocycles. The maximum absolute atomic E-state index is 16.8. The van der Waals surface area contributed by atoms with Crippen molar-refractivity contribution in [1.82, 2.24) is 34.8 Å². The van der Waals surface area contributed by atoms with E-state index in [0.717, 1.165) is 6.20 Å². The van der Waals surface area contributed by atoms with E-state index in [0.29, 0.717) is 116 Å². The lowest BCUT2D eigenvalue weighted by molar-refractivity contribution is -0.131. The van der Waals surface area contributed by atoms with Crippen molar-refractivity contribution in [3.05, 3.63) is 84.0 Å². The third-order valence-corrected chi connectivity index (χ3v) is 9.91. The summed E-state index contributed by atoms with van der Waals surface area (Å²) < 4.78 is 49.8. The highest BCUT2D eigenvalue weighted by Crippen LogP contribution is 2.44. The molecule has 8 rings (SSSR count). The van der Waals surface area contributed by atoms with Gasteiger partial charge in [-0.2, -0.15) is 0 Å². The van der Waals surface area contributed by atoms with Crippen molar-refractivity contribution < 1.29 is 32.6 Å². The normalized spacial score (nSPS) is 16.1. The van der Waals surface area contributed by atoms with Gasteiger partial charge in [0.05, 0.1) is 44.8 Å². The fraction of sp³-hybridized carbons (Fsp3) is 0.342. The van der Waals surface area contributed by atoms with E-state index < -0.39 is 11.6 Å². The summed E-state index contributed by atoms with van der Waals surface area (Å²) in [5.74, 6) is 0.630. The van der Waals surface area contributed by atoms with E-state index in [9.17, 15) is 14.0 Å². The van der Waals surface area contributed by atoms with E-state index >= 15 is 4.39 Å². The number of ether oxygens (including phenoxy) is 3. The Labute approximate surface area is 303 Å². The Balaban J connectivity index is 1.12.